The fourth-order valence-electron chi connectivity index (χ4n) is 2.63. The first-order valence-corrected chi connectivity index (χ1v) is 8.16. The molecule has 0 spiro atoms. The molecule has 1 fully saturated rings. The highest BCUT2D eigenvalue weighted by molar-refractivity contribution is 5.87. The number of allylic oxidation sites excluding steroid dienone is 4. The van der Waals surface area contributed by atoms with E-state index in [1.807, 2.05) is 39.8 Å². The van der Waals surface area contributed by atoms with Crippen LogP contribution in [-0.2, 0) is 0 Å². The molecule has 0 unspecified atom stereocenters. The molecule has 0 aliphatic heterocycles. The van der Waals surface area contributed by atoms with Gasteiger partial charge in [-0.3, -0.25) is 0 Å². The SMILES string of the molecule is C/C=C\C(=C/C)c1cc(C2CC2)c2ccc(O)cc2n1.CC. The lowest BCUT2D eigenvalue weighted by atomic mass is 10.0. The lowest BCUT2D eigenvalue weighted by molar-refractivity contribution is 0.476. The average Bonchev–Trinajstić information content (AvgIpc) is 3.38. The summed E-state index contributed by atoms with van der Waals surface area (Å²) in [5, 5.41) is 10.9. The lowest BCUT2D eigenvalue weighted by Gasteiger charge is -2.10. The average molecular weight is 295 g/mol. The molecule has 0 saturated heterocycles. The number of hydrogen-bond acceptors (Lipinski definition) is 2. The minimum atomic E-state index is 0.275. The van der Waals surface area contributed by atoms with E-state index in [1.54, 1.807) is 12.1 Å². The highest BCUT2D eigenvalue weighted by Gasteiger charge is 2.26. The molecule has 0 atom stereocenters. The summed E-state index contributed by atoms with van der Waals surface area (Å²) in [6, 6.07) is 7.71. The van der Waals surface area contributed by atoms with Crippen molar-refractivity contribution in [3.63, 3.8) is 0 Å². The van der Waals surface area contributed by atoms with E-state index in [-0.39, 0.29) is 5.75 Å². The predicted molar refractivity (Wildman–Crippen MR) is 95.2 cm³/mol. The number of nitrogens with zero attached hydrogens (tertiary/aromatic N) is 1. The molecule has 3 rings (SSSR count). The number of benzene rings is 1. The molecule has 2 heteroatoms. The standard InChI is InChI=1S/C18H19NO.C2H6/c1-3-5-12(4-2)17-11-16(13-6-7-13)15-9-8-14(20)10-18(15)19-17;1-2/h3-5,8-11,13,20H,6-7H2,1-2H3;1-2H3/b5-3-,12-4+;. The molecule has 2 aromatic rings. The summed E-state index contributed by atoms with van der Waals surface area (Å²) in [5.41, 5.74) is 4.37. The highest BCUT2D eigenvalue weighted by atomic mass is 16.3. The molecular weight excluding hydrogens is 270 g/mol. The largest absolute Gasteiger partial charge is 0.508 e. The van der Waals surface area contributed by atoms with E-state index < -0.39 is 0 Å². The highest BCUT2D eigenvalue weighted by Crippen LogP contribution is 2.44. The summed E-state index contributed by atoms with van der Waals surface area (Å²) < 4.78 is 0. The molecule has 0 amide bonds. The number of hydrogen-bond donors (Lipinski definition) is 1. The van der Waals surface area contributed by atoms with Gasteiger partial charge in [0.15, 0.2) is 0 Å². The zero-order valence-electron chi connectivity index (χ0n) is 13.9. The van der Waals surface area contributed by atoms with Crippen molar-refractivity contribution in [1.29, 1.82) is 0 Å². The van der Waals surface area contributed by atoms with Crippen molar-refractivity contribution < 1.29 is 5.11 Å². The van der Waals surface area contributed by atoms with E-state index in [9.17, 15) is 5.11 Å². The molecule has 1 aromatic carbocycles. The van der Waals surface area contributed by atoms with Crippen LogP contribution in [0.5, 0.6) is 5.75 Å². The molecule has 2 nitrogen and oxygen atoms in total. The van der Waals surface area contributed by atoms with Crippen LogP contribution in [0.15, 0.2) is 42.5 Å². The van der Waals surface area contributed by atoms with Crippen LogP contribution in [0.4, 0.5) is 0 Å². The summed E-state index contributed by atoms with van der Waals surface area (Å²) >= 11 is 0. The lowest BCUT2D eigenvalue weighted by Crippen LogP contribution is -1.93. The van der Waals surface area contributed by atoms with Crippen LogP contribution in [-0.4, -0.2) is 10.1 Å². The Hall–Kier alpha value is -2.09. The van der Waals surface area contributed by atoms with E-state index in [0.29, 0.717) is 5.92 Å². The topological polar surface area (TPSA) is 33.1 Å². The fraction of sp³-hybridized carbons (Fsp3) is 0.350. The molecule has 22 heavy (non-hydrogen) atoms. The van der Waals surface area contributed by atoms with Crippen LogP contribution in [0, 0.1) is 0 Å². The van der Waals surface area contributed by atoms with E-state index >= 15 is 0 Å². The molecule has 1 aliphatic carbocycles. The van der Waals surface area contributed by atoms with Gasteiger partial charge in [-0.1, -0.05) is 32.1 Å². The molecule has 1 aliphatic rings. The molecular formula is C20H25NO. The van der Waals surface area contributed by atoms with Crippen LogP contribution < -0.4 is 0 Å². The number of aromatic nitrogens is 1. The van der Waals surface area contributed by atoms with Gasteiger partial charge in [0, 0.05) is 11.5 Å². The summed E-state index contributed by atoms with van der Waals surface area (Å²) in [4.78, 5) is 4.72. The zero-order valence-corrected chi connectivity index (χ0v) is 13.9. The van der Waals surface area contributed by atoms with Crippen molar-refractivity contribution in [3.8, 4) is 5.75 Å². The number of aromatic hydroxyl groups is 1. The normalized spacial score (nSPS) is 15.0. The summed E-state index contributed by atoms with van der Waals surface area (Å²) in [5.74, 6) is 0.935. The molecule has 1 aromatic heterocycles. The van der Waals surface area contributed by atoms with Gasteiger partial charge >= 0.3 is 0 Å². The smallest absolute Gasteiger partial charge is 0.117 e. The second-order valence-electron chi connectivity index (χ2n) is 5.32. The minimum Gasteiger partial charge on any atom is -0.508 e. The van der Waals surface area contributed by atoms with Crippen molar-refractivity contribution in [1.82, 2.24) is 4.98 Å². The first-order valence-electron chi connectivity index (χ1n) is 8.16. The van der Waals surface area contributed by atoms with Gasteiger partial charge < -0.3 is 5.11 Å². The Morgan fingerprint density at radius 3 is 2.50 bits per heavy atom. The van der Waals surface area contributed by atoms with Gasteiger partial charge in [-0.2, -0.15) is 0 Å². The number of phenolic OH excluding ortho intramolecular Hbond substituents is 1. The second-order valence-corrected chi connectivity index (χ2v) is 5.32. The maximum absolute atomic E-state index is 9.70. The van der Waals surface area contributed by atoms with Gasteiger partial charge in [0.1, 0.15) is 5.75 Å². The zero-order chi connectivity index (χ0) is 16.1. The van der Waals surface area contributed by atoms with Crippen LogP contribution in [0.3, 0.4) is 0 Å². The van der Waals surface area contributed by atoms with E-state index in [1.165, 1.54) is 23.8 Å². The summed E-state index contributed by atoms with van der Waals surface area (Å²) in [6.45, 7) is 8.04. The molecule has 1 saturated carbocycles. The Bertz CT molecular complexity index is 709. The van der Waals surface area contributed by atoms with Crippen molar-refractivity contribution in [3.05, 3.63) is 53.8 Å². The fourth-order valence-corrected chi connectivity index (χ4v) is 2.63. The Morgan fingerprint density at radius 2 is 1.91 bits per heavy atom. The monoisotopic (exact) mass is 295 g/mol. The Balaban J connectivity index is 0.000000847. The van der Waals surface area contributed by atoms with Gasteiger partial charge in [0.25, 0.3) is 0 Å². The third kappa shape index (κ3) is 3.38. The van der Waals surface area contributed by atoms with E-state index in [2.05, 4.69) is 18.2 Å². The van der Waals surface area contributed by atoms with Gasteiger partial charge in [-0.05, 0) is 61.9 Å². The Morgan fingerprint density at radius 1 is 1.18 bits per heavy atom. The first kappa shape index (κ1) is 16.3. The molecule has 116 valence electrons. The maximum atomic E-state index is 9.70. The molecule has 0 radical (unpaired) electrons. The summed E-state index contributed by atoms with van der Waals surface area (Å²) in [7, 11) is 0. The van der Waals surface area contributed by atoms with Crippen LogP contribution in [0.2, 0.25) is 0 Å². The number of rotatable bonds is 3. The maximum Gasteiger partial charge on any atom is 0.117 e. The van der Waals surface area contributed by atoms with Crippen LogP contribution in [0.25, 0.3) is 16.5 Å². The Kier molecular flexibility index (Phi) is 5.37. The van der Waals surface area contributed by atoms with Crippen molar-refractivity contribution in [2.45, 2.75) is 46.5 Å². The van der Waals surface area contributed by atoms with Gasteiger partial charge in [-0.15, -0.1) is 0 Å². The quantitative estimate of drug-likeness (QED) is 0.723. The number of pyridine rings is 1. The minimum absolute atomic E-state index is 0.275. The Labute approximate surface area is 133 Å². The first-order chi connectivity index (χ1) is 10.7. The second kappa shape index (κ2) is 7.26. The molecule has 1 heterocycles. The van der Waals surface area contributed by atoms with Crippen molar-refractivity contribution in [2.75, 3.05) is 0 Å². The van der Waals surface area contributed by atoms with Gasteiger partial charge in [-0.25, -0.2) is 4.98 Å². The third-order valence-electron chi connectivity index (χ3n) is 3.80. The van der Waals surface area contributed by atoms with Crippen LogP contribution in [0.1, 0.15) is 57.7 Å². The van der Waals surface area contributed by atoms with Crippen molar-refractivity contribution in [2.24, 2.45) is 0 Å². The van der Waals surface area contributed by atoms with Crippen molar-refractivity contribution >= 4 is 16.5 Å². The predicted octanol–water partition coefficient (Wildman–Crippen LogP) is 5.82. The number of fused-ring (bicyclic) bond motifs is 1. The van der Waals surface area contributed by atoms with Gasteiger partial charge in [0.2, 0.25) is 0 Å². The third-order valence-corrected chi connectivity index (χ3v) is 3.80. The number of phenols is 1. The van der Waals surface area contributed by atoms with E-state index in [0.717, 1.165) is 16.8 Å². The van der Waals surface area contributed by atoms with Gasteiger partial charge in [0.05, 0.1) is 11.2 Å². The molecule has 0 bridgehead atoms. The summed E-state index contributed by atoms with van der Waals surface area (Å²) in [6.07, 6.45) is 8.70. The van der Waals surface area contributed by atoms with E-state index in [4.69, 9.17) is 4.98 Å². The molecule has 1 N–H and O–H groups in total. The van der Waals surface area contributed by atoms with Crippen LogP contribution >= 0.6 is 0 Å².